The highest BCUT2D eigenvalue weighted by molar-refractivity contribution is 6.01. The second kappa shape index (κ2) is 6.15. The first-order chi connectivity index (χ1) is 6.90. The average Bonchev–Trinajstić information content (AvgIpc) is 2.22. The third-order valence-corrected chi connectivity index (χ3v) is 1.93. The van der Waals surface area contributed by atoms with E-state index in [1.807, 2.05) is 0 Å². The molecule has 15 heavy (non-hydrogen) atoms. The second-order valence-electron chi connectivity index (χ2n) is 3.10. The molecule has 0 radical (unpaired) electrons. The molecule has 86 valence electrons. The highest BCUT2D eigenvalue weighted by Gasteiger charge is 2.13. The van der Waals surface area contributed by atoms with Crippen LogP contribution >= 0.6 is 0 Å². The summed E-state index contributed by atoms with van der Waals surface area (Å²) in [5, 5.41) is 28.3. The van der Waals surface area contributed by atoms with Gasteiger partial charge in [-0.25, -0.2) is 4.79 Å². The minimum Gasteiger partial charge on any atom is -0.478 e. The molecule has 0 rings (SSSR count). The fourth-order valence-corrected chi connectivity index (χ4v) is 0.738. The van der Waals surface area contributed by atoms with Crippen molar-refractivity contribution in [3.8, 4) is 0 Å². The number of carbonyl (C=O) groups excluding carboxylic acids is 1. The van der Waals surface area contributed by atoms with Crippen LogP contribution < -0.4 is 5.32 Å². The Labute approximate surface area is 87.2 Å². The molecule has 1 atom stereocenters. The van der Waals surface area contributed by atoms with E-state index in [0.29, 0.717) is 0 Å². The number of aliphatic hydroxyl groups is 2. The van der Waals surface area contributed by atoms with E-state index in [2.05, 4.69) is 5.32 Å². The summed E-state index contributed by atoms with van der Waals surface area (Å²) in [6.45, 7) is 2.13. The van der Waals surface area contributed by atoms with Gasteiger partial charge >= 0.3 is 5.97 Å². The maximum Gasteiger partial charge on any atom is 0.331 e. The van der Waals surface area contributed by atoms with Crippen LogP contribution in [-0.4, -0.2) is 46.5 Å². The summed E-state index contributed by atoms with van der Waals surface area (Å²) in [5.41, 5.74) is 0.0265. The van der Waals surface area contributed by atoms with Gasteiger partial charge in [-0.2, -0.15) is 0 Å². The van der Waals surface area contributed by atoms with Crippen LogP contribution in [0, 0.1) is 0 Å². The average molecular weight is 217 g/mol. The van der Waals surface area contributed by atoms with Gasteiger partial charge in [0.15, 0.2) is 0 Å². The van der Waals surface area contributed by atoms with E-state index in [9.17, 15) is 9.59 Å². The van der Waals surface area contributed by atoms with Crippen molar-refractivity contribution in [1.29, 1.82) is 0 Å². The Kier molecular flexibility index (Phi) is 5.58. The lowest BCUT2D eigenvalue weighted by molar-refractivity contribution is -0.133. The summed E-state index contributed by atoms with van der Waals surface area (Å²) >= 11 is 0. The highest BCUT2D eigenvalue weighted by Crippen LogP contribution is 2.03. The van der Waals surface area contributed by atoms with Gasteiger partial charge in [-0.1, -0.05) is 0 Å². The van der Waals surface area contributed by atoms with Gasteiger partial charge < -0.3 is 20.6 Å². The summed E-state index contributed by atoms with van der Waals surface area (Å²) in [5.74, 6) is -1.73. The molecule has 0 fully saturated rings. The zero-order valence-corrected chi connectivity index (χ0v) is 8.65. The molecular formula is C9H15NO5. The van der Waals surface area contributed by atoms with Crippen molar-refractivity contribution in [3.05, 3.63) is 11.1 Å². The molecule has 4 N–H and O–H groups in total. The van der Waals surface area contributed by atoms with Crippen molar-refractivity contribution in [2.75, 3.05) is 13.2 Å². The molecule has 0 aliphatic heterocycles. The van der Waals surface area contributed by atoms with Crippen LogP contribution in [0.5, 0.6) is 0 Å². The number of rotatable bonds is 5. The van der Waals surface area contributed by atoms with E-state index >= 15 is 0 Å². The van der Waals surface area contributed by atoms with Crippen LogP contribution in [0.25, 0.3) is 0 Å². The molecule has 6 heteroatoms. The molecule has 0 aliphatic rings. The quantitative estimate of drug-likeness (QED) is 0.436. The molecule has 0 spiro atoms. The third-order valence-electron chi connectivity index (χ3n) is 1.93. The molecule has 1 amide bonds. The standard InChI is InChI=1S/C9H15NO5/c1-5(6(2)9(14)15)8(13)10-3-7(12)4-11/h7,11-12H,3-4H2,1-2H3,(H,10,13)(H,14,15). The first-order valence-electron chi connectivity index (χ1n) is 4.38. The summed E-state index contributed by atoms with van der Waals surface area (Å²) < 4.78 is 0. The summed E-state index contributed by atoms with van der Waals surface area (Å²) in [7, 11) is 0. The van der Waals surface area contributed by atoms with Crippen LogP contribution in [0.15, 0.2) is 11.1 Å². The van der Waals surface area contributed by atoms with Crippen molar-refractivity contribution < 1.29 is 24.9 Å². The van der Waals surface area contributed by atoms with E-state index < -0.39 is 24.6 Å². The van der Waals surface area contributed by atoms with Crippen LogP contribution in [0.3, 0.4) is 0 Å². The predicted molar refractivity (Wildman–Crippen MR) is 52.1 cm³/mol. The number of carboxylic acid groups (broad SMARTS) is 1. The zero-order valence-electron chi connectivity index (χ0n) is 8.65. The molecule has 0 saturated carbocycles. The Balaban J connectivity index is 4.34. The number of amides is 1. The van der Waals surface area contributed by atoms with Crippen LogP contribution in [-0.2, 0) is 9.59 Å². The Morgan fingerprint density at radius 2 is 1.80 bits per heavy atom. The summed E-state index contributed by atoms with van der Waals surface area (Å²) in [6, 6.07) is 0. The van der Waals surface area contributed by atoms with E-state index in [0.717, 1.165) is 0 Å². The molecule has 0 aromatic rings. The largest absolute Gasteiger partial charge is 0.478 e. The summed E-state index contributed by atoms with van der Waals surface area (Å²) in [6.07, 6.45) is -1.04. The van der Waals surface area contributed by atoms with Gasteiger partial charge in [0.25, 0.3) is 0 Å². The minimum atomic E-state index is -1.16. The van der Waals surface area contributed by atoms with E-state index in [1.165, 1.54) is 13.8 Å². The first kappa shape index (κ1) is 13.6. The van der Waals surface area contributed by atoms with Crippen molar-refractivity contribution in [1.82, 2.24) is 5.32 Å². The molecule has 0 aromatic heterocycles. The Hall–Kier alpha value is -1.40. The second-order valence-corrected chi connectivity index (χ2v) is 3.10. The monoisotopic (exact) mass is 217 g/mol. The number of nitrogens with one attached hydrogen (secondary N) is 1. The fraction of sp³-hybridized carbons (Fsp3) is 0.556. The van der Waals surface area contributed by atoms with Crippen LogP contribution in [0.1, 0.15) is 13.8 Å². The smallest absolute Gasteiger partial charge is 0.331 e. The van der Waals surface area contributed by atoms with Gasteiger partial charge in [-0.05, 0) is 13.8 Å². The number of aliphatic carboxylic acids is 1. The Bertz CT molecular complexity index is 284. The predicted octanol–water partition coefficient (Wildman–Crippen LogP) is -1.12. The van der Waals surface area contributed by atoms with Crippen molar-refractivity contribution in [3.63, 3.8) is 0 Å². The van der Waals surface area contributed by atoms with Gasteiger partial charge in [-0.3, -0.25) is 4.79 Å². The molecule has 1 unspecified atom stereocenters. The lowest BCUT2D eigenvalue weighted by Gasteiger charge is -2.09. The van der Waals surface area contributed by atoms with Gasteiger partial charge in [0.05, 0.1) is 12.7 Å². The van der Waals surface area contributed by atoms with Gasteiger partial charge in [0.1, 0.15) is 0 Å². The normalized spacial score (nSPS) is 14.1. The molecule has 0 aromatic carbocycles. The topological polar surface area (TPSA) is 107 Å². The fourth-order valence-electron chi connectivity index (χ4n) is 0.738. The van der Waals surface area contributed by atoms with E-state index in [4.69, 9.17) is 15.3 Å². The minimum absolute atomic E-state index is 0.0500. The lowest BCUT2D eigenvalue weighted by atomic mass is 10.1. The van der Waals surface area contributed by atoms with Crippen molar-refractivity contribution in [2.24, 2.45) is 0 Å². The maximum absolute atomic E-state index is 11.3. The maximum atomic E-state index is 11.3. The SMILES string of the molecule is CC(C(=O)O)=C(C)C(=O)NCC(O)CO. The first-order valence-corrected chi connectivity index (χ1v) is 4.38. The number of hydrogen-bond donors (Lipinski definition) is 4. The molecular weight excluding hydrogens is 202 g/mol. The number of carbonyl (C=O) groups is 2. The lowest BCUT2D eigenvalue weighted by Crippen LogP contribution is -2.34. The number of carboxylic acids is 1. The molecule has 0 aliphatic carbocycles. The van der Waals surface area contributed by atoms with E-state index in [-0.39, 0.29) is 17.7 Å². The molecule has 0 heterocycles. The third kappa shape index (κ3) is 4.57. The van der Waals surface area contributed by atoms with Crippen LogP contribution in [0.4, 0.5) is 0 Å². The molecule has 0 bridgehead atoms. The highest BCUT2D eigenvalue weighted by atomic mass is 16.4. The van der Waals surface area contributed by atoms with Crippen molar-refractivity contribution >= 4 is 11.9 Å². The van der Waals surface area contributed by atoms with Gasteiger partial charge in [0.2, 0.25) is 5.91 Å². The molecule has 6 nitrogen and oxygen atoms in total. The summed E-state index contributed by atoms with van der Waals surface area (Å²) in [4.78, 5) is 21.8. The number of aliphatic hydroxyl groups excluding tert-OH is 2. The number of hydrogen-bond acceptors (Lipinski definition) is 4. The Morgan fingerprint density at radius 1 is 1.27 bits per heavy atom. The van der Waals surface area contributed by atoms with Crippen LogP contribution in [0.2, 0.25) is 0 Å². The van der Waals surface area contributed by atoms with Gasteiger partial charge in [-0.15, -0.1) is 0 Å². The van der Waals surface area contributed by atoms with Crippen molar-refractivity contribution in [2.45, 2.75) is 20.0 Å². The Morgan fingerprint density at radius 3 is 2.20 bits per heavy atom. The zero-order chi connectivity index (χ0) is 12.0. The van der Waals surface area contributed by atoms with Gasteiger partial charge in [0, 0.05) is 17.7 Å². The van der Waals surface area contributed by atoms with E-state index in [1.54, 1.807) is 0 Å². The molecule has 0 saturated heterocycles.